The molecule has 0 aliphatic rings. The van der Waals surface area contributed by atoms with Crippen LogP contribution in [0.4, 0.5) is 0 Å². The highest BCUT2D eigenvalue weighted by molar-refractivity contribution is 6.39. The first-order valence-corrected chi connectivity index (χ1v) is 6.57. The molecule has 1 aromatic carbocycles. The predicted octanol–water partition coefficient (Wildman–Crippen LogP) is 3.13. The summed E-state index contributed by atoms with van der Waals surface area (Å²) >= 11 is 11.9. The number of carbonyl (C=O) groups excluding carboxylic acids is 1. The first kappa shape index (κ1) is 15.3. The number of aliphatic hydroxyl groups is 1. The van der Waals surface area contributed by atoms with E-state index in [0.29, 0.717) is 22.4 Å². The summed E-state index contributed by atoms with van der Waals surface area (Å²) in [6.07, 6.45) is 0.699. The van der Waals surface area contributed by atoms with Crippen LogP contribution in [0.1, 0.15) is 30.6 Å². The Morgan fingerprint density at radius 3 is 2.33 bits per heavy atom. The van der Waals surface area contributed by atoms with E-state index >= 15 is 0 Å². The van der Waals surface area contributed by atoms with E-state index in [4.69, 9.17) is 23.2 Å². The minimum Gasteiger partial charge on any atom is -0.394 e. The van der Waals surface area contributed by atoms with Gasteiger partial charge < -0.3 is 10.4 Å². The Morgan fingerprint density at radius 2 is 1.89 bits per heavy atom. The van der Waals surface area contributed by atoms with E-state index in [-0.39, 0.29) is 24.1 Å². The predicted molar refractivity (Wildman–Crippen MR) is 74.3 cm³/mol. The summed E-state index contributed by atoms with van der Waals surface area (Å²) in [6.45, 7) is 3.95. The molecule has 18 heavy (non-hydrogen) atoms. The van der Waals surface area contributed by atoms with Gasteiger partial charge in [-0.15, -0.1) is 0 Å². The minimum absolute atomic E-state index is 0.105. The molecule has 1 aromatic rings. The van der Waals surface area contributed by atoms with Crippen molar-refractivity contribution in [3.63, 3.8) is 0 Å². The Kier molecular flexibility index (Phi) is 5.93. The van der Waals surface area contributed by atoms with Gasteiger partial charge in [0, 0.05) is 0 Å². The topological polar surface area (TPSA) is 49.3 Å². The maximum Gasteiger partial charge on any atom is 0.254 e. The Bertz CT molecular complexity index is 401. The number of hydrogen-bond acceptors (Lipinski definition) is 2. The molecule has 0 aliphatic carbocycles. The second kappa shape index (κ2) is 6.98. The molecule has 0 fully saturated rings. The zero-order chi connectivity index (χ0) is 13.7. The van der Waals surface area contributed by atoms with E-state index < -0.39 is 0 Å². The molecular formula is C13H17Cl2NO2. The van der Waals surface area contributed by atoms with Crippen molar-refractivity contribution in [1.29, 1.82) is 0 Å². The number of halogens is 2. The van der Waals surface area contributed by atoms with Crippen LogP contribution >= 0.6 is 23.2 Å². The summed E-state index contributed by atoms with van der Waals surface area (Å²) in [4.78, 5) is 12.0. The third-order valence-corrected chi connectivity index (χ3v) is 3.13. The number of aliphatic hydroxyl groups excluding tert-OH is 1. The summed E-state index contributed by atoms with van der Waals surface area (Å²) in [6, 6.07) is 4.61. The molecule has 1 amide bonds. The molecule has 0 radical (unpaired) electrons. The Balaban J connectivity index is 2.81. The first-order valence-electron chi connectivity index (χ1n) is 5.81. The lowest BCUT2D eigenvalue weighted by Gasteiger charge is -2.19. The van der Waals surface area contributed by atoms with Crippen molar-refractivity contribution >= 4 is 29.1 Å². The molecule has 0 bridgehead atoms. The summed E-state index contributed by atoms with van der Waals surface area (Å²) in [5.74, 6) is 0.0227. The van der Waals surface area contributed by atoms with Gasteiger partial charge in [-0.05, 0) is 24.5 Å². The van der Waals surface area contributed by atoms with E-state index in [2.05, 4.69) is 5.32 Å². The van der Waals surface area contributed by atoms with Crippen molar-refractivity contribution < 1.29 is 9.90 Å². The van der Waals surface area contributed by atoms with Crippen molar-refractivity contribution in [1.82, 2.24) is 5.32 Å². The molecule has 0 aromatic heterocycles. The van der Waals surface area contributed by atoms with Gasteiger partial charge in [-0.25, -0.2) is 0 Å². The van der Waals surface area contributed by atoms with Gasteiger partial charge in [-0.2, -0.15) is 0 Å². The second-order valence-corrected chi connectivity index (χ2v) is 5.39. The molecular weight excluding hydrogens is 273 g/mol. The molecule has 0 spiro atoms. The van der Waals surface area contributed by atoms with E-state index in [9.17, 15) is 9.90 Å². The van der Waals surface area contributed by atoms with Gasteiger partial charge in [0.05, 0.1) is 28.3 Å². The van der Waals surface area contributed by atoms with Crippen molar-refractivity contribution in [2.24, 2.45) is 5.92 Å². The van der Waals surface area contributed by atoms with Gasteiger partial charge in [0.1, 0.15) is 0 Å². The highest BCUT2D eigenvalue weighted by atomic mass is 35.5. The van der Waals surface area contributed by atoms with Crippen molar-refractivity contribution in [3.8, 4) is 0 Å². The molecule has 0 saturated carbocycles. The Morgan fingerprint density at radius 1 is 1.33 bits per heavy atom. The number of rotatable bonds is 5. The van der Waals surface area contributed by atoms with Gasteiger partial charge in [0.25, 0.3) is 5.91 Å². The number of hydrogen-bond donors (Lipinski definition) is 2. The number of amides is 1. The summed E-state index contributed by atoms with van der Waals surface area (Å²) in [5.41, 5.74) is 0.253. The van der Waals surface area contributed by atoms with Gasteiger partial charge in [-0.1, -0.05) is 43.1 Å². The highest BCUT2D eigenvalue weighted by Crippen LogP contribution is 2.24. The standard InChI is InChI=1S/C13H17Cl2NO2/c1-8(2)6-9(7-17)16-13(18)12-10(14)4-3-5-11(12)15/h3-5,8-9,17H,6-7H2,1-2H3,(H,16,18). The maximum absolute atomic E-state index is 12.0. The van der Waals surface area contributed by atoms with Crippen LogP contribution in [0.5, 0.6) is 0 Å². The van der Waals surface area contributed by atoms with Crippen molar-refractivity contribution in [3.05, 3.63) is 33.8 Å². The average Bonchev–Trinajstić information content (AvgIpc) is 2.27. The molecule has 0 heterocycles. The lowest BCUT2D eigenvalue weighted by atomic mass is 10.0. The summed E-state index contributed by atoms with van der Waals surface area (Å²) in [5, 5.41) is 12.6. The molecule has 0 aliphatic heterocycles. The number of nitrogens with one attached hydrogen (secondary N) is 1. The molecule has 2 N–H and O–H groups in total. The first-order chi connectivity index (χ1) is 8.45. The number of carbonyl (C=O) groups is 1. The van der Waals surface area contributed by atoms with E-state index in [0.717, 1.165) is 0 Å². The second-order valence-electron chi connectivity index (χ2n) is 4.58. The van der Waals surface area contributed by atoms with Crippen LogP contribution < -0.4 is 5.32 Å². The molecule has 1 rings (SSSR count). The summed E-state index contributed by atoms with van der Waals surface area (Å²) in [7, 11) is 0. The SMILES string of the molecule is CC(C)CC(CO)NC(=O)c1c(Cl)cccc1Cl. The third-order valence-electron chi connectivity index (χ3n) is 2.50. The van der Waals surface area contributed by atoms with E-state index in [1.54, 1.807) is 18.2 Å². The monoisotopic (exact) mass is 289 g/mol. The molecule has 1 unspecified atom stereocenters. The van der Waals surface area contributed by atoms with Crippen molar-refractivity contribution in [2.45, 2.75) is 26.3 Å². The Hall–Kier alpha value is -0.770. The van der Waals surface area contributed by atoms with Crippen molar-refractivity contribution in [2.75, 3.05) is 6.61 Å². The van der Waals surface area contributed by atoms with Gasteiger partial charge in [0.2, 0.25) is 0 Å². The van der Waals surface area contributed by atoms with Crippen LogP contribution in [0, 0.1) is 5.92 Å². The molecule has 100 valence electrons. The van der Waals surface area contributed by atoms with E-state index in [1.807, 2.05) is 13.8 Å². The number of benzene rings is 1. The zero-order valence-electron chi connectivity index (χ0n) is 10.4. The molecule has 3 nitrogen and oxygen atoms in total. The minimum atomic E-state index is -0.356. The fraction of sp³-hybridized carbons (Fsp3) is 0.462. The van der Waals surface area contributed by atoms with Crippen LogP contribution in [-0.2, 0) is 0 Å². The summed E-state index contributed by atoms with van der Waals surface area (Å²) < 4.78 is 0. The van der Waals surface area contributed by atoms with Crippen LogP contribution in [0.3, 0.4) is 0 Å². The largest absolute Gasteiger partial charge is 0.394 e. The van der Waals surface area contributed by atoms with Gasteiger partial charge >= 0.3 is 0 Å². The van der Waals surface area contributed by atoms with Crippen LogP contribution in [0.25, 0.3) is 0 Å². The quantitative estimate of drug-likeness (QED) is 0.875. The molecule has 1 atom stereocenters. The fourth-order valence-corrected chi connectivity index (χ4v) is 2.29. The Labute approximate surface area is 117 Å². The molecule has 5 heteroatoms. The molecule has 0 saturated heterocycles. The smallest absolute Gasteiger partial charge is 0.254 e. The van der Waals surface area contributed by atoms with Gasteiger partial charge in [0.15, 0.2) is 0 Å². The van der Waals surface area contributed by atoms with Crippen LogP contribution in [0.2, 0.25) is 10.0 Å². The fourth-order valence-electron chi connectivity index (χ4n) is 1.72. The average molecular weight is 290 g/mol. The lowest BCUT2D eigenvalue weighted by molar-refractivity contribution is 0.0908. The zero-order valence-corrected chi connectivity index (χ0v) is 11.9. The normalized spacial score (nSPS) is 12.6. The highest BCUT2D eigenvalue weighted by Gasteiger charge is 2.18. The van der Waals surface area contributed by atoms with Gasteiger partial charge in [-0.3, -0.25) is 4.79 Å². The third kappa shape index (κ3) is 4.16. The maximum atomic E-state index is 12.0. The lowest BCUT2D eigenvalue weighted by Crippen LogP contribution is -2.38. The van der Waals surface area contributed by atoms with Crippen LogP contribution in [-0.4, -0.2) is 23.7 Å². The van der Waals surface area contributed by atoms with Crippen LogP contribution in [0.15, 0.2) is 18.2 Å². The van der Waals surface area contributed by atoms with E-state index in [1.165, 1.54) is 0 Å².